The molecule has 0 saturated heterocycles. The molecule has 0 saturated carbocycles. The fraction of sp³-hybridized carbons (Fsp3) is 0.158. The molecule has 0 aliphatic heterocycles. The van der Waals surface area contributed by atoms with Gasteiger partial charge in [0, 0.05) is 41.5 Å². The Balaban J connectivity index is 2.20. The molecule has 3 aromatic rings. The zero-order chi connectivity index (χ0) is 16.4. The zero-order valence-corrected chi connectivity index (χ0v) is 13.0. The Bertz CT molecular complexity index is 954. The highest BCUT2D eigenvalue weighted by Gasteiger charge is 2.13. The maximum absolute atomic E-state index is 11.8. The minimum absolute atomic E-state index is 0.0165. The van der Waals surface area contributed by atoms with Crippen LogP contribution in [0.5, 0.6) is 0 Å². The second-order valence-electron chi connectivity index (χ2n) is 5.39. The third-order valence-electron chi connectivity index (χ3n) is 3.91. The molecule has 0 spiro atoms. The van der Waals surface area contributed by atoms with Crippen molar-refractivity contribution in [3.8, 4) is 17.2 Å². The summed E-state index contributed by atoms with van der Waals surface area (Å²) in [5, 5.41) is 11.4. The van der Waals surface area contributed by atoms with Gasteiger partial charge in [-0.3, -0.25) is 14.8 Å². The van der Waals surface area contributed by atoms with E-state index in [4.69, 9.17) is 0 Å². The number of nitriles is 1. The molecule has 0 atom stereocenters. The summed E-state index contributed by atoms with van der Waals surface area (Å²) in [6, 6.07) is 9.73. The fourth-order valence-corrected chi connectivity index (χ4v) is 2.62. The van der Waals surface area contributed by atoms with Gasteiger partial charge in [0.05, 0.1) is 11.6 Å². The molecule has 2 aromatic heterocycles. The first-order valence-corrected chi connectivity index (χ1v) is 7.42. The van der Waals surface area contributed by atoms with Gasteiger partial charge in [0.25, 0.3) is 0 Å². The predicted molar refractivity (Wildman–Crippen MR) is 89.0 cm³/mol. The van der Waals surface area contributed by atoms with E-state index < -0.39 is 0 Å². The molecule has 3 rings (SSSR count). The quantitative estimate of drug-likeness (QED) is 0.684. The Morgan fingerprint density at radius 3 is 2.70 bits per heavy atom. The number of aryl methyl sites for hydroxylation is 1. The second-order valence-corrected chi connectivity index (χ2v) is 5.39. The van der Waals surface area contributed by atoms with Crippen molar-refractivity contribution < 1.29 is 4.79 Å². The lowest BCUT2D eigenvalue weighted by Gasteiger charge is -2.10. The van der Waals surface area contributed by atoms with Crippen molar-refractivity contribution in [2.24, 2.45) is 0 Å². The van der Waals surface area contributed by atoms with Crippen molar-refractivity contribution in [3.63, 3.8) is 0 Å². The van der Waals surface area contributed by atoms with Crippen LogP contribution < -0.4 is 0 Å². The molecule has 0 radical (unpaired) electrons. The monoisotopic (exact) mass is 301 g/mol. The van der Waals surface area contributed by atoms with Crippen LogP contribution in [0, 0.1) is 18.3 Å². The number of carbonyl (C=O) groups is 1. The summed E-state index contributed by atoms with van der Waals surface area (Å²) in [5.74, 6) is 0.0165. The number of fused-ring (bicyclic) bond motifs is 1. The number of carbonyl (C=O) groups excluding carboxylic acids is 1. The number of ketones is 1. The van der Waals surface area contributed by atoms with E-state index in [1.165, 1.54) is 0 Å². The molecular formula is C19H15N3O. The molecular weight excluding hydrogens is 286 g/mol. The van der Waals surface area contributed by atoms with Crippen LogP contribution >= 0.6 is 0 Å². The van der Waals surface area contributed by atoms with Gasteiger partial charge < -0.3 is 0 Å². The summed E-state index contributed by atoms with van der Waals surface area (Å²) in [7, 11) is 0. The van der Waals surface area contributed by atoms with Crippen LogP contribution in [0.4, 0.5) is 0 Å². The van der Waals surface area contributed by atoms with Gasteiger partial charge in [0.2, 0.25) is 0 Å². The number of hydrogen-bond donors (Lipinski definition) is 0. The molecule has 0 bridgehead atoms. The number of nitrogens with zero attached hydrogens (tertiary/aromatic N) is 3. The van der Waals surface area contributed by atoms with Crippen LogP contribution in [0.15, 0.2) is 42.9 Å². The van der Waals surface area contributed by atoms with E-state index in [0.717, 1.165) is 27.5 Å². The van der Waals surface area contributed by atoms with Crippen LogP contribution in [0.2, 0.25) is 0 Å². The Morgan fingerprint density at radius 1 is 1.17 bits per heavy atom. The fourth-order valence-electron chi connectivity index (χ4n) is 2.62. The van der Waals surface area contributed by atoms with E-state index >= 15 is 0 Å². The first kappa shape index (κ1) is 14.9. The SMILES string of the molecule is CCC(=O)c1cc(C)c(-c2cc3cnccc3cc2C#N)cn1. The highest BCUT2D eigenvalue weighted by molar-refractivity contribution is 5.95. The van der Waals surface area contributed by atoms with Crippen LogP contribution in [-0.4, -0.2) is 15.8 Å². The highest BCUT2D eigenvalue weighted by atomic mass is 16.1. The summed E-state index contributed by atoms with van der Waals surface area (Å²) < 4.78 is 0. The molecule has 112 valence electrons. The van der Waals surface area contributed by atoms with Gasteiger partial charge in [-0.1, -0.05) is 6.92 Å². The number of rotatable bonds is 3. The van der Waals surface area contributed by atoms with Gasteiger partial charge in [-0.25, -0.2) is 0 Å². The van der Waals surface area contributed by atoms with E-state index in [-0.39, 0.29) is 5.78 Å². The third kappa shape index (κ3) is 2.69. The predicted octanol–water partition coefficient (Wildman–Crippen LogP) is 4.07. The number of benzene rings is 1. The standard InChI is InChI=1S/C19H15N3O/c1-3-19(23)18-6-12(2)17(11-22-18)16-8-15-10-21-5-4-13(15)7-14(16)9-20/h4-8,10-11H,3H2,1-2H3. The average Bonchev–Trinajstić information content (AvgIpc) is 2.59. The minimum Gasteiger partial charge on any atom is -0.292 e. The van der Waals surface area contributed by atoms with E-state index in [2.05, 4.69) is 16.0 Å². The molecule has 0 fully saturated rings. The molecule has 4 heteroatoms. The molecule has 1 aromatic carbocycles. The number of Topliss-reactive ketones (excluding diaryl/α,β-unsaturated/α-hetero) is 1. The van der Waals surface area contributed by atoms with Crippen LogP contribution in [0.1, 0.15) is 35.0 Å². The van der Waals surface area contributed by atoms with Gasteiger partial charge in [0.1, 0.15) is 5.69 Å². The average molecular weight is 301 g/mol. The second kappa shape index (κ2) is 5.98. The van der Waals surface area contributed by atoms with Gasteiger partial charge in [-0.2, -0.15) is 5.26 Å². The molecule has 4 nitrogen and oxygen atoms in total. The van der Waals surface area contributed by atoms with Gasteiger partial charge in [-0.15, -0.1) is 0 Å². The van der Waals surface area contributed by atoms with Crippen molar-refractivity contribution >= 4 is 16.6 Å². The van der Waals surface area contributed by atoms with Crippen molar-refractivity contribution in [3.05, 3.63) is 59.7 Å². The Morgan fingerprint density at radius 2 is 2.00 bits per heavy atom. The molecule has 2 heterocycles. The molecule has 23 heavy (non-hydrogen) atoms. The van der Waals surface area contributed by atoms with E-state index in [0.29, 0.717) is 17.7 Å². The van der Waals surface area contributed by atoms with Crippen molar-refractivity contribution in [2.75, 3.05) is 0 Å². The molecule has 0 amide bonds. The van der Waals surface area contributed by atoms with E-state index in [9.17, 15) is 10.1 Å². The minimum atomic E-state index is 0.0165. The molecule has 0 aliphatic carbocycles. The lowest BCUT2D eigenvalue weighted by molar-refractivity contribution is 0.0983. The smallest absolute Gasteiger partial charge is 0.180 e. The van der Waals surface area contributed by atoms with Crippen LogP contribution in [0.25, 0.3) is 21.9 Å². The third-order valence-corrected chi connectivity index (χ3v) is 3.91. The van der Waals surface area contributed by atoms with Crippen LogP contribution in [-0.2, 0) is 0 Å². The highest BCUT2D eigenvalue weighted by Crippen LogP contribution is 2.30. The summed E-state index contributed by atoms with van der Waals surface area (Å²) in [6.07, 6.45) is 5.59. The zero-order valence-electron chi connectivity index (χ0n) is 13.0. The summed E-state index contributed by atoms with van der Waals surface area (Å²) >= 11 is 0. The summed E-state index contributed by atoms with van der Waals surface area (Å²) in [5.41, 5.74) is 3.66. The number of hydrogen-bond acceptors (Lipinski definition) is 4. The van der Waals surface area contributed by atoms with Gasteiger partial charge in [-0.05, 0) is 42.1 Å². The van der Waals surface area contributed by atoms with Gasteiger partial charge >= 0.3 is 0 Å². The maximum atomic E-state index is 11.8. The molecule has 0 unspecified atom stereocenters. The maximum Gasteiger partial charge on any atom is 0.180 e. The first-order chi connectivity index (χ1) is 11.1. The molecule has 0 N–H and O–H groups in total. The van der Waals surface area contributed by atoms with Gasteiger partial charge in [0.15, 0.2) is 5.78 Å². The largest absolute Gasteiger partial charge is 0.292 e. The topological polar surface area (TPSA) is 66.6 Å². The lowest BCUT2D eigenvalue weighted by Crippen LogP contribution is -2.01. The van der Waals surface area contributed by atoms with Crippen LogP contribution in [0.3, 0.4) is 0 Å². The normalized spacial score (nSPS) is 10.5. The molecule has 0 aliphatic rings. The van der Waals surface area contributed by atoms with Crippen molar-refractivity contribution in [1.29, 1.82) is 5.26 Å². The Kier molecular flexibility index (Phi) is 3.86. The number of pyridine rings is 2. The summed E-state index contributed by atoms with van der Waals surface area (Å²) in [4.78, 5) is 20.2. The van der Waals surface area contributed by atoms with E-state index in [1.54, 1.807) is 24.7 Å². The van der Waals surface area contributed by atoms with Crippen molar-refractivity contribution in [1.82, 2.24) is 9.97 Å². The Labute approximate surface area is 134 Å². The summed E-state index contributed by atoms with van der Waals surface area (Å²) in [6.45, 7) is 3.75. The lowest BCUT2D eigenvalue weighted by atomic mass is 9.94. The first-order valence-electron chi connectivity index (χ1n) is 7.42. The van der Waals surface area contributed by atoms with E-state index in [1.807, 2.05) is 32.0 Å². The Hall–Kier alpha value is -3.06. The van der Waals surface area contributed by atoms with Crippen molar-refractivity contribution in [2.45, 2.75) is 20.3 Å². The number of aromatic nitrogens is 2.